The highest BCUT2D eigenvalue weighted by Gasteiger charge is 2.20. The third kappa shape index (κ3) is 3.63. The van der Waals surface area contributed by atoms with Gasteiger partial charge in [0.2, 0.25) is 0 Å². The van der Waals surface area contributed by atoms with E-state index >= 15 is 0 Å². The smallest absolute Gasteiger partial charge is 0.263 e. The first-order chi connectivity index (χ1) is 7.87. The van der Waals surface area contributed by atoms with Crippen LogP contribution in [-0.4, -0.2) is 19.3 Å². The lowest BCUT2D eigenvalue weighted by molar-refractivity contribution is 0.512. The van der Waals surface area contributed by atoms with Crippen molar-refractivity contribution in [1.82, 2.24) is 4.31 Å². The summed E-state index contributed by atoms with van der Waals surface area (Å²) in [6, 6.07) is 6.60. The molecule has 0 amide bonds. The quantitative estimate of drug-likeness (QED) is 0.854. The highest BCUT2D eigenvalue weighted by molar-refractivity contribution is 7.89. The summed E-state index contributed by atoms with van der Waals surface area (Å²) in [5.74, 6) is 0. The van der Waals surface area contributed by atoms with Crippen molar-refractivity contribution in [2.75, 3.05) is 6.54 Å². The number of hydrogen-bond donors (Lipinski definition) is 0. The topological polar surface area (TPSA) is 37.4 Å². The molecule has 0 bridgehead atoms. The fourth-order valence-electron chi connectivity index (χ4n) is 1.29. The van der Waals surface area contributed by atoms with Crippen molar-refractivity contribution in [1.29, 1.82) is 0 Å². The first kappa shape index (κ1) is 14.4. The van der Waals surface area contributed by atoms with Crippen LogP contribution in [0, 0.1) is 6.92 Å². The standard InChI is InChI=1S/C11H13Cl2NO2S/c1-3-14(8-11(12)13)17(15,16)10-6-4-9(2)5-7-10/h4-8H,3H2,1-2H3. The van der Waals surface area contributed by atoms with E-state index in [4.69, 9.17) is 23.2 Å². The number of hydrogen-bond acceptors (Lipinski definition) is 2. The largest absolute Gasteiger partial charge is 0.271 e. The Morgan fingerprint density at radius 2 is 1.82 bits per heavy atom. The highest BCUT2D eigenvalue weighted by atomic mass is 35.5. The normalized spacial score (nSPS) is 11.1. The zero-order valence-electron chi connectivity index (χ0n) is 9.52. The molecule has 0 aromatic heterocycles. The Balaban J connectivity index is 3.17. The second-order valence-corrected chi connectivity index (χ2v) is 6.34. The highest BCUT2D eigenvalue weighted by Crippen LogP contribution is 2.19. The van der Waals surface area contributed by atoms with Gasteiger partial charge in [0.25, 0.3) is 10.0 Å². The minimum atomic E-state index is -3.57. The second kappa shape index (κ2) is 5.76. The Kier molecular flexibility index (Phi) is 4.86. The fraction of sp³-hybridized carbons (Fsp3) is 0.273. The predicted octanol–water partition coefficient (Wildman–Crippen LogP) is 3.28. The van der Waals surface area contributed by atoms with Crippen LogP contribution in [-0.2, 0) is 10.0 Å². The van der Waals surface area contributed by atoms with Gasteiger partial charge in [0.1, 0.15) is 4.49 Å². The molecule has 1 aromatic rings. The molecule has 1 aromatic carbocycles. The molecule has 0 aliphatic rings. The third-order valence-corrected chi connectivity index (χ3v) is 4.22. The van der Waals surface area contributed by atoms with Gasteiger partial charge in [0.15, 0.2) is 0 Å². The minimum absolute atomic E-state index is 0.0949. The average molecular weight is 294 g/mol. The van der Waals surface area contributed by atoms with E-state index in [0.717, 1.165) is 9.87 Å². The lowest BCUT2D eigenvalue weighted by atomic mass is 10.2. The molecule has 6 heteroatoms. The van der Waals surface area contributed by atoms with Crippen molar-refractivity contribution in [3.63, 3.8) is 0 Å². The van der Waals surface area contributed by atoms with E-state index in [1.165, 1.54) is 6.20 Å². The molecule has 0 radical (unpaired) electrons. The van der Waals surface area contributed by atoms with Gasteiger partial charge in [-0.1, -0.05) is 40.9 Å². The Bertz CT molecular complexity index is 505. The van der Waals surface area contributed by atoms with Crippen molar-refractivity contribution in [3.8, 4) is 0 Å². The molecule has 0 spiro atoms. The van der Waals surface area contributed by atoms with Gasteiger partial charge in [-0.2, -0.15) is 0 Å². The Labute approximate surface area is 112 Å². The predicted molar refractivity (Wildman–Crippen MR) is 70.5 cm³/mol. The summed E-state index contributed by atoms with van der Waals surface area (Å²) in [6.45, 7) is 3.86. The Morgan fingerprint density at radius 1 is 1.29 bits per heavy atom. The van der Waals surface area contributed by atoms with Crippen LogP contribution in [0.25, 0.3) is 0 Å². The maximum Gasteiger partial charge on any atom is 0.263 e. The van der Waals surface area contributed by atoms with Gasteiger partial charge >= 0.3 is 0 Å². The summed E-state index contributed by atoms with van der Waals surface area (Å²) in [5, 5.41) is 0. The summed E-state index contributed by atoms with van der Waals surface area (Å²) in [5.41, 5.74) is 0.998. The molecule has 0 saturated heterocycles. The Morgan fingerprint density at radius 3 is 2.24 bits per heavy atom. The summed E-state index contributed by atoms with van der Waals surface area (Å²) >= 11 is 11.0. The Hall–Kier alpha value is -0.710. The van der Waals surface area contributed by atoms with Crippen molar-refractivity contribution in [3.05, 3.63) is 40.5 Å². The van der Waals surface area contributed by atoms with E-state index in [1.54, 1.807) is 31.2 Å². The first-order valence-electron chi connectivity index (χ1n) is 4.99. The molecular formula is C11H13Cl2NO2S. The van der Waals surface area contributed by atoms with E-state index in [2.05, 4.69) is 0 Å². The van der Waals surface area contributed by atoms with Crippen LogP contribution in [0.5, 0.6) is 0 Å². The number of halogens is 2. The van der Waals surface area contributed by atoms with Crippen molar-refractivity contribution < 1.29 is 8.42 Å². The molecule has 0 unspecified atom stereocenters. The van der Waals surface area contributed by atoms with E-state index < -0.39 is 10.0 Å². The lowest BCUT2D eigenvalue weighted by Crippen LogP contribution is -2.25. The summed E-state index contributed by atoms with van der Waals surface area (Å²) in [6.07, 6.45) is 1.19. The SMILES string of the molecule is CCN(C=C(Cl)Cl)S(=O)(=O)c1ccc(C)cc1. The zero-order valence-corrected chi connectivity index (χ0v) is 11.9. The van der Waals surface area contributed by atoms with Crippen molar-refractivity contribution >= 4 is 33.2 Å². The zero-order chi connectivity index (χ0) is 13.1. The average Bonchev–Trinajstić information content (AvgIpc) is 2.26. The van der Waals surface area contributed by atoms with E-state index in [9.17, 15) is 8.42 Å². The number of rotatable bonds is 4. The van der Waals surface area contributed by atoms with Crippen LogP contribution in [0.3, 0.4) is 0 Å². The van der Waals surface area contributed by atoms with Gasteiger partial charge in [-0.05, 0) is 26.0 Å². The van der Waals surface area contributed by atoms with Crippen LogP contribution in [0.1, 0.15) is 12.5 Å². The molecule has 0 heterocycles. The number of nitrogens with zero attached hydrogens (tertiary/aromatic N) is 1. The van der Waals surface area contributed by atoms with E-state index in [0.29, 0.717) is 0 Å². The van der Waals surface area contributed by atoms with Gasteiger partial charge in [-0.15, -0.1) is 0 Å². The van der Waals surface area contributed by atoms with Crippen LogP contribution < -0.4 is 0 Å². The maximum atomic E-state index is 12.2. The summed E-state index contributed by atoms with van der Waals surface area (Å²) in [4.78, 5) is 0.218. The monoisotopic (exact) mass is 293 g/mol. The molecule has 0 fully saturated rings. The molecular weight excluding hydrogens is 281 g/mol. The van der Waals surface area contributed by atoms with Crippen LogP contribution in [0.2, 0.25) is 0 Å². The number of benzene rings is 1. The summed E-state index contributed by atoms with van der Waals surface area (Å²) < 4.78 is 25.4. The molecule has 0 N–H and O–H groups in total. The van der Waals surface area contributed by atoms with Crippen molar-refractivity contribution in [2.45, 2.75) is 18.7 Å². The van der Waals surface area contributed by atoms with E-state index in [1.807, 2.05) is 6.92 Å². The maximum absolute atomic E-state index is 12.2. The molecule has 0 saturated carbocycles. The van der Waals surface area contributed by atoms with E-state index in [-0.39, 0.29) is 15.9 Å². The van der Waals surface area contributed by atoms with Gasteiger partial charge < -0.3 is 0 Å². The van der Waals surface area contributed by atoms with Crippen molar-refractivity contribution in [2.24, 2.45) is 0 Å². The van der Waals surface area contributed by atoms with Crippen LogP contribution >= 0.6 is 23.2 Å². The van der Waals surface area contributed by atoms with Crippen LogP contribution in [0.4, 0.5) is 0 Å². The third-order valence-electron chi connectivity index (χ3n) is 2.18. The molecule has 17 heavy (non-hydrogen) atoms. The van der Waals surface area contributed by atoms with Gasteiger partial charge in [-0.25, -0.2) is 8.42 Å². The number of aryl methyl sites for hydroxylation is 1. The van der Waals surface area contributed by atoms with Gasteiger partial charge in [0.05, 0.1) is 4.90 Å². The van der Waals surface area contributed by atoms with Gasteiger partial charge in [-0.3, -0.25) is 4.31 Å². The molecule has 0 atom stereocenters. The second-order valence-electron chi connectivity index (χ2n) is 3.44. The molecule has 1 rings (SSSR count). The minimum Gasteiger partial charge on any atom is -0.271 e. The molecule has 3 nitrogen and oxygen atoms in total. The van der Waals surface area contributed by atoms with Crippen LogP contribution in [0.15, 0.2) is 39.9 Å². The first-order valence-corrected chi connectivity index (χ1v) is 7.19. The van der Waals surface area contributed by atoms with Gasteiger partial charge in [0, 0.05) is 12.7 Å². The molecule has 94 valence electrons. The summed E-state index contributed by atoms with van der Waals surface area (Å²) in [7, 11) is -3.57. The molecule has 0 aliphatic heterocycles. The molecule has 0 aliphatic carbocycles. The number of sulfonamides is 1. The lowest BCUT2D eigenvalue weighted by Gasteiger charge is -2.18. The fourth-order valence-corrected chi connectivity index (χ4v) is 2.97.